The van der Waals surface area contributed by atoms with Gasteiger partial charge in [-0.15, -0.1) is 0 Å². The third kappa shape index (κ3) is 2.16. The fourth-order valence-electron chi connectivity index (χ4n) is 1.46. The molecule has 0 aliphatic heterocycles. The molecule has 5 heteroatoms. The highest BCUT2D eigenvalue weighted by Crippen LogP contribution is 2.24. The van der Waals surface area contributed by atoms with Gasteiger partial charge in [0.1, 0.15) is 0 Å². The number of rotatable bonds is 3. The predicted octanol–water partition coefficient (Wildman–Crippen LogP) is 1.63. The molecule has 1 aromatic heterocycles. The third-order valence-electron chi connectivity index (χ3n) is 2.35. The van der Waals surface area contributed by atoms with Crippen molar-refractivity contribution in [3.05, 3.63) is 46.7 Å². The number of aliphatic hydroxyl groups is 1. The molecule has 1 unspecified atom stereocenters. The van der Waals surface area contributed by atoms with Gasteiger partial charge >= 0.3 is 0 Å². The number of aromatic nitrogens is 2. The smallest absolute Gasteiger partial charge is 0.0787 e. The molecule has 0 radical (unpaired) electrons. The quantitative estimate of drug-likeness (QED) is 0.899. The zero-order chi connectivity index (χ0) is 11.5. The summed E-state index contributed by atoms with van der Waals surface area (Å²) in [7, 11) is 0. The van der Waals surface area contributed by atoms with E-state index in [9.17, 15) is 0 Å². The number of halogens is 1. The van der Waals surface area contributed by atoms with E-state index in [1.807, 2.05) is 30.5 Å². The first-order valence-electron chi connectivity index (χ1n) is 4.88. The molecule has 0 saturated carbocycles. The van der Waals surface area contributed by atoms with E-state index in [1.54, 1.807) is 10.9 Å². The van der Waals surface area contributed by atoms with Gasteiger partial charge in [-0.05, 0) is 39.7 Å². The Kier molecular flexibility index (Phi) is 3.38. The topological polar surface area (TPSA) is 64.1 Å². The molecule has 1 aromatic carbocycles. The van der Waals surface area contributed by atoms with E-state index in [-0.39, 0.29) is 12.6 Å². The Balaban J connectivity index is 2.37. The second-order valence-electron chi connectivity index (χ2n) is 3.45. The van der Waals surface area contributed by atoms with Crippen molar-refractivity contribution in [2.75, 3.05) is 6.61 Å². The Morgan fingerprint density at radius 3 is 2.88 bits per heavy atom. The summed E-state index contributed by atoms with van der Waals surface area (Å²) in [5.41, 5.74) is 7.58. The van der Waals surface area contributed by atoms with Crippen LogP contribution in [0.25, 0.3) is 5.69 Å². The summed E-state index contributed by atoms with van der Waals surface area (Å²) >= 11 is 3.47. The summed E-state index contributed by atoms with van der Waals surface area (Å²) < 4.78 is 2.66. The van der Waals surface area contributed by atoms with Gasteiger partial charge in [0.05, 0.1) is 18.3 Å². The van der Waals surface area contributed by atoms with Crippen LogP contribution in [0, 0.1) is 0 Å². The fraction of sp³-hybridized carbons (Fsp3) is 0.182. The average molecular weight is 282 g/mol. The Hall–Kier alpha value is -1.17. The molecule has 1 atom stereocenters. The molecule has 0 fully saturated rings. The van der Waals surface area contributed by atoms with Crippen molar-refractivity contribution in [1.29, 1.82) is 0 Å². The summed E-state index contributed by atoms with van der Waals surface area (Å²) in [4.78, 5) is 0. The minimum absolute atomic E-state index is 0.0619. The highest BCUT2D eigenvalue weighted by molar-refractivity contribution is 9.10. The fourth-order valence-corrected chi connectivity index (χ4v) is 2.03. The monoisotopic (exact) mass is 281 g/mol. The molecular formula is C11H12BrN3O. The van der Waals surface area contributed by atoms with Crippen LogP contribution in [0.3, 0.4) is 0 Å². The first-order valence-corrected chi connectivity index (χ1v) is 5.67. The maximum atomic E-state index is 8.97. The van der Waals surface area contributed by atoms with Crippen molar-refractivity contribution in [3.63, 3.8) is 0 Å². The van der Waals surface area contributed by atoms with Gasteiger partial charge in [-0.1, -0.05) is 6.07 Å². The summed E-state index contributed by atoms with van der Waals surface area (Å²) in [6.07, 6.45) is 3.59. The molecule has 1 heterocycles. The van der Waals surface area contributed by atoms with Crippen molar-refractivity contribution in [2.45, 2.75) is 6.04 Å². The van der Waals surface area contributed by atoms with E-state index in [1.165, 1.54) is 0 Å². The first kappa shape index (κ1) is 11.3. The minimum atomic E-state index is -0.344. The number of nitrogens with two attached hydrogens (primary N) is 1. The maximum Gasteiger partial charge on any atom is 0.0787 e. The van der Waals surface area contributed by atoms with E-state index < -0.39 is 0 Å². The van der Waals surface area contributed by atoms with Gasteiger partial charge < -0.3 is 10.8 Å². The van der Waals surface area contributed by atoms with Crippen LogP contribution >= 0.6 is 15.9 Å². The molecule has 4 nitrogen and oxygen atoms in total. The molecule has 0 aliphatic rings. The molecule has 84 valence electrons. The predicted molar refractivity (Wildman–Crippen MR) is 65.3 cm³/mol. The van der Waals surface area contributed by atoms with Crippen molar-refractivity contribution < 1.29 is 5.11 Å². The second-order valence-corrected chi connectivity index (χ2v) is 4.30. The largest absolute Gasteiger partial charge is 0.394 e. The maximum absolute atomic E-state index is 8.97. The van der Waals surface area contributed by atoms with Gasteiger partial charge in [0.2, 0.25) is 0 Å². The molecule has 0 bridgehead atoms. The van der Waals surface area contributed by atoms with Crippen LogP contribution in [-0.2, 0) is 0 Å². The number of hydrogen-bond donors (Lipinski definition) is 2. The molecule has 2 aromatic rings. The Bertz CT molecular complexity index is 470. The number of aliphatic hydroxyl groups excluding tert-OH is 1. The van der Waals surface area contributed by atoms with Crippen molar-refractivity contribution >= 4 is 15.9 Å². The Morgan fingerprint density at radius 1 is 1.50 bits per heavy atom. The van der Waals surface area contributed by atoms with Crippen LogP contribution in [0.2, 0.25) is 0 Å². The highest BCUT2D eigenvalue weighted by atomic mass is 79.9. The van der Waals surface area contributed by atoms with Crippen molar-refractivity contribution in [3.8, 4) is 5.69 Å². The molecule has 0 amide bonds. The van der Waals surface area contributed by atoms with Gasteiger partial charge in [-0.3, -0.25) is 0 Å². The second kappa shape index (κ2) is 4.78. The molecule has 16 heavy (non-hydrogen) atoms. The van der Waals surface area contributed by atoms with E-state index in [0.29, 0.717) is 0 Å². The highest BCUT2D eigenvalue weighted by Gasteiger charge is 2.08. The van der Waals surface area contributed by atoms with E-state index in [0.717, 1.165) is 15.7 Å². The third-order valence-corrected chi connectivity index (χ3v) is 2.98. The molecule has 2 rings (SSSR count). The Morgan fingerprint density at radius 2 is 2.31 bits per heavy atom. The lowest BCUT2D eigenvalue weighted by Gasteiger charge is -2.11. The normalized spacial score (nSPS) is 12.7. The molecule has 0 saturated heterocycles. The molecular weight excluding hydrogens is 270 g/mol. The lowest BCUT2D eigenvalue weighted by atomic mass is 10.1. The van der Waals surface area contributed by atoms with Crippen LogP contribution in [0.1, 0.15) is 11.6 Å². The van der Waals surface area contributed by atoms with Gasteiger partial charge in [0.25, 0.3) is 0 Å². The van der Waals surface area contributed by atoms with Crippen LogP contribution in [0.15, 0.2) is 41.1 Å². The first-order chi connectivity index (χ1) is 7.72. The molecule has 0 aliphatic carbocycles. The minimum Gasteiger partial charge on any atom is -0.394 e. The van der Waals surface area contributed by atoms with Gasteiger partial charge in [-0.2, -0.15) is 5.10 Å². The van der Waals surface area contributed by atoms with Gasteiger partial charge in [-0.25, -0.2) is 4.68 Å². The van der Waals surface area contributed by atoms with E-state index in [2.05, 4.69) is 21.0 Å². The van der Waals surface area contributed by atoms with Gasteiger partial charge in [0.15, 0.2) is 0 Å². The number of nitrogens with zero attached hydrogens (tertiary/aromatic N) is 2. The van der Waals surface area contributed by atoms with Crippen molar-refractivity contribution in [1.82, 2.24) is 9.78 Å². The average Bonchev–Trinajstić information content (AvgIpc) is 2.81. The van der Waals surface area contributed by atoms with Crippen molar-refractivity contribution in [2.24, 2.45) is 5.73 Å². The van der Waals surface area contributed by atoms with Crippen LogP contribution in [-0.4, -0.2) is 21.5 Å². The number of benzene rings is 1. The Labute approximate surface area is 102 Å². The summed E-state index contributed by atoms with van der Waals surface area (Å²) in [6, 6.07) is 7.23. The lowest BCUT2D eigenvalue weighted by molar-refractivity contribution is 0.268. The summed E-state index contributed by atoms with van der Waals surface area (Å²) in [5.74, 6) is 0. The number of hydrogen-bond acceptors (Lipinski definition) is 3. The summed E-state index contributed by atoms with van der Waals surface area (Å²) in [6.45, 7) is -0.0619. The van der Waals surface area contributed by atoms with Crippen LogP contribution in [0.4, 0.5) is 0 Å². The lowest BCUT2D eigenvalue weighted by Crippen LogP contribution is -2.14. The van der Waals surface area contributed by atoms with Crippen LogP contribution < -0.4 is 5.73 Å². The van der Waals surface area contributed by atoms with Crippen LogP contribution in [0.5, 0.6) is 0 Å². The summed E-state index contributed by atoms with van der Waals surface area (Å²) in [5, 5.41) is 13.1. The molecule has 3 N–H and O–H groups in total. The van der Waals surface area contributed by atoms with Gasteiger partial charge in [0, 0.05) is 16.9 Å². The molecule has 0 spiro atoms. The van der Waals surface area contributed by atoms with E-state index >= 15 is 0 Å². The van der Waals surface area contributed by atoms with E-state index in [4.69, 9.17) is 10.8 Å². The SMILES string of the molecule is NC(CO)c1ccc(-n2cccn2)c(Br)c1. The zero-order valence-corrected chi connectivity index (χ0v) is 10.1. The zero-order valence-electron chi connectivity index (χ0n) is 8.55. The standard InChI is InChI=1S/C11H12BrN3O/c12-9-6-8(10(13)7-16)2-3-11(9)15-5-1-4-14-15/h1-6,10,16H,7,13H2.